The lowest BCUT2D eigenvalue weighted by molar-refractivity contribution is -0.385. The first kappa shape index (κ1) is 18.3. The number of nitrogens with one attached hydrogen (secondary N) is 1. The summed E-state index contributed by atoms with van der Waals surface area (Å²) < 4.78 is 0. The zero-order valence-corrected chi connectivity index (χ0v) is 14.5. The van der Waals surface area contributed by atoms with Gasteiger partial charge in [-0.25, -0.2) is 4.79 Å². The molecule has 0 saturated carbocycles. The van der Waals surface area contributed by atoms with Crippen LogP contribution in [0.4, 0.5) is 5.69 Å². The van der Waals surface area contributed by atoms with E-state index in [0.29, 0.717) is 22.0 Å². The second-order valence-corrected chi connectivity index (χ2v) is 6.37. The van der Waals surface area contributed by atoms with Gasteiger partial charge in [0.2, 0.25) is 5.91 Å². The van der Waals surface area contributed by atoms with E-state index in [-0.39, 0.29) is 11.5 Å². The largest absolute Gasteiger partial charge is 0.477 e. The first-order valence-electron chi connectivity index (χ1n) is 7.60. The molecule has 2 aromatic rings. The molecule has 27 heavy (non-hydrogen) atoms. The molecule has 0 aromatic heterocycles. The van der Waals surface area contributed by atoms with Crippen molar-refractivity contribution in [2.24, 2.45) is 10.2 Å². The second kappa shape index (κ2) is 7.79. The molecule has 0 atom stereocenters. The Bertz CT molecular complexity index is 985. The van der Waals surface area contributed by atoms with Crippen LogP contribution in [0.25, 0.3) is 11.1 Å². The Hall–Kier alpha value is -3.53. The normalized spacial score (nSPS) is 15.3. The number of nitro benzene ring substituents is 1. The van der Waals surface area contributed by atoms with Crippen molar-refractivity contribution in [2.45, 2.75) is 0 Å². The lowest BCUT2D eigenvalue weighted by Gasteiger charge is -2.04. The van der Waals surface area contributed by atoms with Crippen molar-refractivity contribution in [3.63, 3.8) is 0 Å². The highest BCUT2D eigenvalue weighted by molar-refractivity contribution is 8.15. The highest BCUT2D eigenvalue weighted by Crippen LogP contribution is 2.27. The fourth-order valence-corrected chi connectivity index (χ4v) is 2.96. The van der Waals surface area contributed by atoms with Gasteiger partial charge in [0.15, 0.2) is 5.17 Å². The molecule has 0 radical (unpaired) electrons. The Morgan fingerprint density at radius 2 is 1.93 bits per heavy atom. The molecule has 0 bridgehead atoms. The Labute approximate surface area is 157 Å². The van der Waals surface area contributed by atoms with Crippen LogP contribution >= 0.6 is 11.8 Å². The molecule has 1 amide bonds. The maximum atomic E-state index is 11.1. The van der Waals surface area contributed by atoms with Gasteiger partial charge in [-0.3, -0.25) is 14.9 Å². The van der Waals surface area contributed by atoms with Gasteiger partial charge in [-0.05, 0) is 22.8 Å². The molecule has 1 saturated heterocycles. The highest BCUT2D eigenvalue weighted by Gasteiger charge is 2.20. The van der Waals surface area contributed by atoms with Crippen LogP contribution in [0, 0.1) is 10.1 Å². The number of aromatic carboxylic acids is 1. The predicted octanol–water partition coefficient (Wildman–Crippen LogP) is 2.51. The van der Waals surface area contributed by atoms with Crippen LogP contribution in [0.3, 0.4) is 0 Å². The number of amides is 1. The summed E-state index contributed by atoms with van der Waals surface area (Å²) in [6.07, 6.45) is 1.51. The van der Waals surface area contributed by atoms with E-state index in [1.54, 1.807) is 24.3 Å². The Kier molecular flexibility index (Phi) is 5.27. The van der Waals surface area contributed by atoms with Crippen molar-refractivity contribution in [3.8, 4) is 11.1 Å². The van der Waals surface area contributed by atoms with Crippen molar-refractivity contribution in [1.29, 1.82) is 0 Å². The number of carbonyl (C=O) groups is 2. The predicted molar refractivity (Wildman–Crippen MR) is 101 cm³/mol. The van der Waals surface area contributed by atoms with Crippen molar-refractivity contribution in [2.75, 3.05) is 5.75 Å². The van der Waals surface area contributed by atoms with Crippen LogP contribution in [0.5, 0.6) is 0 Å². The average molecular weight is 384 g/mol. The summed E-state index contributed by atoms with van der Waals surface area (Å²) in [5.41, 5.74) is 1.15. The van der Waals surface area contributed by atoms with E-state index in [1.807, 2.05) is 0 Å². The summed E-state index contributed by atoms with van der Waals surface area (Å²) in [6.45, 7) is 0. The quantitative estimate of drug-likeness (QED) is 0.462. The fourth-order valence-electron chi connectivity index (χ4n) is 2.33. The number of carboxylic acid groups (broad SMARTS) is 1. The van der Waals surface area contributed by atoms with Crippen LogP contribution in [-0.4, -0.2) is 39.0 Å². The molecule has 2 aromatic carbocycles. The van der Waals surface area contributed by atoms with E-state index < -0.39 is 16.6 Å². The topological polar surface area (TPSA) is 134 Å². The third kappa shape index (κ3) is 4.36. The molecule has 0 aliphatic carbocycles. The lowest BCUT2D eigenvalue weighted by Crippen LogP contribution is -2.19. The molecule has 1 heterocycles. The first-order chi connectivity index (χ1) is 12.9. The summed E-state index contributed by atoms with van der Waals surface area (Å²) in [5.74, 6) is -1.13. The number of carboxylic acids is 1. The molecular weight excluding hydrogens is 372 g/mol. The maximum Gasteiger partial charge on any atom is 0.342 e. The number of hydrogen-bond acceptors (Lipinski definition) is 7. The lowest BCUT2D eigenvalue weighted by atomic mass is 10.0. The molecule has 2 N–H and O–H groups in total. The van der Waals surface area contributed by atoms with Gasteiger partial charge in [0, 0.05) is 6.07 Å². The van der Waals surface area contributed by atoms with Gasteiger partial charge in [-0.15, -0.1) is 5.10 Å². The minimum atomic E-state index is -1.35. The third-order valence-electron chi connectivity index (χ3n) is 3.61. The van der Waals surface area contributed by atoms with E-state index in [1.165, 1.54) is 36.2 Å². The first-order valence-corrected chi connectivity index (χ1v) is 8.58. The van der Waals surface area contributed by atoms with Gasteiger partial charge in [-0.1, -0.05) is 42.1 Å². The summed E-state index contributed by atoms with van der Waals surface area (Å²) in [4.78, 5) is 32.5. The van der Waals surface area contributed by atoms with E-state index in [0.717, 1.165) is 5.56 Å². The molecule has 0 unspecified atom stereocenters. The van der Waals surface area contributed by atoms with Crippen LogP contribution in [0.2, 0.25) is 0 Å². The van der Waals surface area contributed by atoms with Gasteiger partial charge < -0.3 is 10.4 Å². The molecule has 1 fully saturated rings. The summed E-state index contributed by atoms with van der Waals surface area (Å²) in [7, 11) is 0. The molecule has 0 spiro atoms. The minimum Gasteiger partial charge on any atom is -0.477 e. The van der Waals surface area contributed by atoms with Crippen molar-refractivity contribution in [1.82, 2.24) is 5.32 Å². The van der Waals surface area contributed by atoms with E-state index >= 15 is 0 Å². The Morgan fingerprint density at radius 3 is 2.52 bits per heavy atom. The monoisotopic (exact) mass is 384 g/mol. The number of carbonyl (C=O) groups excluding carboxylic acids is 1. The van der Waals surface area contributed by atoms with Gasteiger partial charge in [0.25, 0.3) is 5.69 Å². The number of rotatable bonds is 5. The van der Waals surface area contributed by atoms with Crippen LogP contribution in [0.1, 0.15) is 15.9 Å². The fraction of sp³-hybridized carbons (Fsp3) is 0.0588. The van der Waals surface area contributed by atoms with Crippen LogP contribution in [0.15, 0.2) is 52.7 Å². The number of benzene rings is 2. The van der Waals surface area contributed by atoms with Crippen molar-refractivity contribution >= 4 is 40.7 Å². The van der Waals surface area contributed by atoms with Crippen LogP contribution < -0.4 is 5.32 Å². The number of nitro groups is 1. The van der Waals surface area contributed by atoms with Crippen molar-refractivity contribution in [3.05, 3.63) is 63.7 Å². The zero-order valence-electron chi connectivity index (χ0n) is 13.7. The smallest absolute Gasteiger partial charge is 0.342 e. The number of amidine groups is 1. The second-order valence-electron chi connectivity index (χ2n) is 5.40. The summed E-state index contributed by atoms with van der Waals surface area (Å²) in [6, 6.07) is 10.9. The van der Waals surface area contributed by atoms with Gasteiger partial charge in [0.05, 0.1) is 16.9 Å². The van der Waals surface area contributed by atoms with Gasteiger partial charge in [-0.2, -0.15) is 5.10 Å². The molecule has 3 rings (SSSR count). The molecule has 10 heteroatoms. The minimum absolute atomic E-state index is 0.110. The van der Waals surface area contributed by atoms with Gasteiger partial charge >= 0.3 is 5.97 Å². The third-order valence-corrected chi connectivity index (χ3v) is 4.47. The molecule has 136 valence electrons. The maximum absolute atomic E-state index is 11.1. The van der Waals surface area contributed by atoms with Crippen molar-refractivity contribution < 1.29 is 19.6 Å². The SMILES string of the molecule is O=C1CSC(=NN=Cc2ccc(-c3ccc(C(=O)O)c([N+](=O)[O-])c3)cc2)N1. The van der Waals surface area contributed by atoms with Gasteiger partial charge in [0.1, 0.15) is 5.56 Å². The zero-order chi connectivity index (χ0) is 19.4. The van der Waals surface area contributed by atoms with E-state index in [2.05, 4.69) is 15.5 Å². The van der Waals surface area contributed by atoms with Crippen LogP contribution in [-0.2, 0) is 4.79 Å². The van der Waals surface area contributed by atoms with E-state index in [9.17, 15) is 19.7 Å². The molecule has 1 aliphatic heterocycles. The Balaban J connectivity index is 1.79. The standard InChI is InChI=1S/C17H12N4O5S/c22-15-9-27-17(19-15)20-18-8-10-1-3-11(4-2-10)12-5-6-13(16(23)24)14(7-12)21(25)26/h1-8H,9H2,(H,23,24)(H,19,20,22). The highest BCUT2D eigenvalue weighted by atomic mass is 32.2. The molecular formula is C17H12N4O5S. The summed E-state index contributed by atoms with van der Waals surface area (Å²) >= 11 is 1.27. The number of hydrogen-bond donors (Lipinski definition) is 2. The van der Waals surface area contributed by atoms with E-state index in [4.69, 9.17) is 5.11 Å². The average Bonchev–Trinajstić information content (AvgIpc) is 3.07. The molecule has 9 nitrogen and oxygen atoms in total. The molecule has 1 aliphatic rings. The Morgan fingerprint density at radius 1 is 1.22 bits per heavy atom. The number of nitrogens with zero attached hydrogens (tertiary/aromatic N) is 3. The summed E-state index contributed by atoms with van der Waals surface area (Å²) in [5, 5.41) is 30.9. The number of thioether (sulfide) groups is 1.